The molecule has 0 bridgehead atoms. The molecule has 0 unspecified atom stereocenters. The van der Waals surface area contributed by atoms with Gasteiger partial charge in [-0.15, -0.1) is 13.2 Å². The number of halogens is 6. The minimum Gasteiger partial charge on any atom is -0.404 e. The van der Waals surface area contributed by atoms with Crippen LogP contribution in [-0.2, 0) is 16.2 Å². The van der Waals surface area contributed by atoms with Crippen LogP contribution in [0.1, 0.15) is 5.56 Å². The molecule has 0 aliphatic rings. The van der Waals surface area contributed by atoms with E-state index < -0.39 is 38.8 Å². The van der Waals surface area contributed by atoms with Crippen molar-refractivity contribution >= 4 is 10.0 Å². The highest BCUT2D eigenvalue weighted by Gasteiger charge is 2.37. The third-order valence-electron chi connectivity index (χ3n) is 1.80. The summed E-state index contributed by atoms with van der Waals surface area (Å²) < 4.78 is 98.1. The second-order valence-corrected chi connectivity index (χ2v) is 4.78. The summed E-state index contributed by atoms with van der Waals surface area (Å²) in [6.45, 7) is 0. The molecule has 0 fully saturated rings. The second kappa shape index (κ2) is 4.56. The van der Waals surface area contributed by atoms with Gasteiger partial charge >= 0.3 is 12.5 Å². The molecular weight excluding hydrogens is 304 g/mol. The van der Waals surface area contributed by atoms with Gasteiger partial charge < -0.3 is 4.74 Å². The van der Waals surface area contributed by atoms with Crippen molar-refractivity contribution in [1.29, 1.82) is 0 Å². The van der Waals surface area contributed by atoms with Gasteiger partial charge in [-0.05, 0) is 18.2 Å². The van der Waals surface area contributed by atoms with Gasteiger partial charge in [0.1, 0.15) is 10.6 Å². The van der Waals surface area contributed by atoms with Crippen molar-refractivity contribution in [2.24, 2.45) is 5.14 Å². The van der Waals surface area contributed by atoms with Crippen molar-refractivity contribution in [2.75, 3.05) is 0 Å². The van der Waals surface area contributed by atoms with Gasteiger partial charge in [-0.3, -0.25) is 0 Å². The number of benzene rings is 1. The highest BCUT2D eigenvalue weighted by molar-refractivity contribution is 7.89. The summed E-state index contributed by atoms with van der Waals surface area (Å²) in [5, 5.41) is 4.58. The van der Waals surface area contributed by atoms with E-state index in [4.69, 9.17) is 0 Å². The summed E-state index contributed by atoms with van der Waals surface area (Å²) in [4.78, 5) is -1.20. The Hall–Kier alpha value is -1.49. The van der Waals surface area contributed by atoms with E-state index in [1.807, 2.05) is 0 Å². The Morgan fingerprint density at radius 3 is 1.95 bits per heavy atom. The monoisotopic (exact) mass is 309 g/mol. The van der Waals surface area contributed by atoms with E-state index in [0.717, 1.165) is 0 Å². The molecular formula is C8H5F6NO3S. The van der Waals surface area contributed by atoms with E-state index in [-0.39, 0.29) is 12.1 Å². The number of hydrogen-bond acceptors (Lipinski definition) is 3. The zero-order valence-electron chi connectivity index (χ0n) is 8.71. The maximum Gasteiger partial charge on any atom is 0.573 e. The fourth-order valence-electron chi connectivity index (χ4n) is 1.12. The summed E-state index contributed by atoms with van der Waals surface area (Å²) in [6.07, 6.45) is -10.3. The van der Waals surface area contributed by atoms with Gasteiger partial charge in [0.25, 0.3) is 0 Å². The van der Waals surface area contributed by atoms with Gasteiger partial charge in [-0.25, -0.2) is 13.6 Å². The summed E-state index contributed by atoms with van der Waals surface area (Å²) in [5.74, 6) is -1.54. The lowest BCUT2D eigenvalue weighted by Gasteiger charge is -2.14. The van der Waals surface area contributed by atoms with Crippen LogP contribution in [0.25, 0.3) is 0 Å². The molecule has 1 aromatic rings. The van der Waals surface area contributed by atoms with Gasteiger partial charge in [-0.1, -0.05) is 0 Å². The van der Waals surface area contributed by atoms with Gasteiger partial charge in [0.05, 0.1) is 5.56 Å². The third-order valence-corrected chi connectivity index (χ3v) is 2.75. The molecule has 0 heterocycles. The number of ether oxygens (including phenoxy) is 1. The smallest absolute Gasteiger partial charge is 0.404 e. The van der Waals surface area contributed by atoms with Crippen molar-refractivity contribution < 1.29 is 39.5 Å². The zero-order chi connectivity index (χ0) is 15.1. The second-order valence-electron chi connectivity index (χ2n) is 3.25. The van der Waals surface area contributed by atoms with Crippen LogP contribution in [-0.4, -0.2) is 14.8 Å². The summed E-state index contributed by atoms with van der Waals surface area (Å²) in [7, 11) is -4.66. The number of sulfonamides is 1. The van der Waals surface area contributed by atoms with E-state index >= 15 is 0 Å². The minimum absolute atomic E-state index is 0.0900. The molecule has 1 aromatic carbocycles. The fourth-order valence-corrected chi connectivity index (χ4v) is 1.76. The minimum atomic E-state index is -5.36. The summed E-state index contributed by atoms with van der Waals surface area (Å²) in [5.41, 5.74) is -1.50. The first kappa shape index (κ1) is 15.6. The van der Waals surface area contributed by atoms with E-state index in [1.165, 1.54) is 0 Å². The number of rotatable bonds is 2. The van der Waals surface area contributed by atoms with E-state index in [9.17, 15) is 34.8 Å². The molecule has 108 valence electrons. The van der Waals surface area contributed by atoms with Crippen LogP contribution in [0.5, 0.6) is 5.75 Å². The Kier molecular flexibility index (Phi) is 3.74. The highest BCUT2D eigenvalue weighted by atomic mass is 32.2. The fraction of sp³-hybridized carbons (Fsp3) is 0.250. The first-order valence-electron chi connectivity index (χ1n) is 4.30. The van der Waals surface area contributed by atoms with Crippen molar-refractivity contribution in [3.8, 4) is 5.75 Å². The van der Waals surface area contributed by atoms with Crippen molar-refractivity contribution in [3.63, 3.8) is 0 Å². The molecule has 1 rings (SSSR count). The molecule has 0 aromatic heterocycles. The Bertz CT molecular complexity index is 577. The molecule has 0 atom stereocenters. The third kappa shape index (κ3) is 4.28. The maximum atomic E-state index is 12.3. The number of hydrogen-bond donors (Lipinski definition) is 1. The molecule has 0 saturated heterocycles. The van der Waals surface area contributed by atoms with Gasteiger partial charge in [0.2, 0.25) is 10.0 Å². The largest absolute Gasteiger partial charge is 0.573 e. The lowest BCUT2D eigenvalue weighted by Crippen LogP contribution is -2.21. The predicted molar refractivity (Wildman–Crippen MR) is 49.5 cm³/mol. The topological polar surface area (TPSA) is 69.4 Å². The normalized spacial score (nSPS) is 13.4. The van der Waals surface area contributed by atoms with Crippen LogP contribution in [0, 0.1) is 0 Å². The summed E-state index contributed by atoms with van der Waals surface area (Å²) >= 11 is 0. The number of nitrogens with two attached hydrogens (primary N) is 1. The molecule has 0 amide bonds. The van der Waals surface area contributed by atoms with Crippen molar-refractivity contribution in [1.82, 2.24) is 0 Å². The van der Waals surface area contributed by atoms with Crippen LogP contribution in [0.15, 0.2) is 23.1 Å². The number of alkyl halides is 6. The predicted octanol–water partition coefficient (Wildman–Crippen LogP) is 2.25. The SMILES string of the molecule is NS(=O)(=O)c1ccc(C(F)(F)F)cc1OC(F)(F)F. The van der Waals surface area contributed by atoms with Crippen LogP contribution < -0.4 is 9.88 Å². The Balaban J connectivity index is 3.44. The van der Waals surface area contributed by atoms with Crippen molar-refractivity contribution in [3.05, 3.63) is 23.8 Å². The molecule has 19 heavy (non-hydrogen) atoms. The maximum absolute atomic E-state index is 12.3. The summed E-state index contributed by atoms with van der Waals surface area (Å²) in [6, 6.07) is 0.482. The van der Waals surface area contributed by atoms with Gasteiger partial charge in [0, 0.05) is 0 Å². The Morgan fingerprint density at radius 2 is 1.58 bits per heavy atom. The van der Waals surface area contributed by atoms with Crippen LogP contribution in [0.2, 0.25) is 0 Å². The molecule has 11 heteroatoms. The first-order chi connectivity index (χ1) is 8.31. The lowest BCUT2D eigenvalue weighted by molar-refractivity contribution is -0.275. The molecule has 4 nitrogen and oxygen atoms in total. The van der Waals surface area contributed by atoms with Crippen LogP contribution in [0.4, 0.5) is 26.3 Å². The molecule has 0 saturated carbocycles. The van der Waals surface area contributed by atoms with Crippen LogP contribution in [0.3, 0.4) is 0 Å². The molecule has 0 spiro atoms. The Morgan fingerprint density at radius 1 is 1.05 bits per heavy atom. The highest BCUT2D eigenvalue weighted by Crippen LogP contribution is 2.36. The molecule has 0 radical (unpaired) electrons. The van der Waals surface area contributed by atoms with Gasteiger partial charge in [0.15, 0.2) is 0 Å². The average Bonchev–Trinajstić information content (AvgIpc) is 2.11. The van der Waals surface area contributed by atoms with Crippen LogP contribution >= 0.6 is 0 Å². The van der Waals surface area contributed by atoms with Crippen molar-refractivity contribution in [2.45, 2.75) is 17.4 Å². The number of primary sulfonamides is 1. The molecule has 0 aliphatic heterocycles. The Labute approximate surface area is 102 Å². The lowest BCUT2D eigenvalue weighted by atomic mass is 10.2. The van der Waals surface area contributed by atoms with E-state index in [2.05, 4.69) is 9.88 Å². The van der Waals surface area contributed by atoms with E-state index in [1.54, 1.807) is 0 Å². The zero-order valence-corrected chi connectivity index (χ0v) is 9.53. The van der Waals surface area contributed by atoms with E-state index in [0.29, 0.717) is 6.07 Å². The molecule has 2 N–H and O–H groups in total. The molecule has 0 aliphatic carbocycles. The first-order valence-corrected chi connectivity index (χ1v) is 5.85. The standard InChI is InChI=1S/C8H5F6NO3S/c9-7(10,11)4-1-2-6(19(15,16)17)5(3-4)18-8(12,13)14/h1-3H,(H2,15,16,17). The quantitative estimate of drug-likeness (QED) is 0.852. The van der Waals surface area contributed by atoms with Gasteiger partial charge in [-0.2, -0.15) is 13.2 Å². The average molecular weight is 309 g/mol.